The first-order valence-electron chi connectivity index (χ1n) is 12.6. The molecule has 0 aliphatic heterocycles. The van der Waals surface area contributed by atoms with E-state index in [1.165, 1.54) is 51.4 Å². The zero-order chi connectivity index (χ0) is 21.2. The van der Waals surface area contributed by atoms with Gasteiger partial charge in [0.1, 0.15) is 0 Å². The number of rotatable bonds is 8. The molecule has 3 rings (SSSR count). The van der Waals surface area contributed by atoms with Crippen molar-refractivity contribution in [3.05, 3.63) is 0 Å². The van der Waals surface area contributed by atoms with Crippen LogP contribution in [0.2, 0.25) is 0 Å². The highest BCUT2D eigenvalue weighted by molar-refractivity contribution is 5.90. The van der Waals surface area contributed by atoms with Crippen molar-refractivity contribution < 1.29 is 10.3 Å². The van der Waals surface area contributed by atoms with E-state index in [1.807, 2.05) is 0 Å². The normalized spacial score (nSPS) is 42.1. The molecule has 0 aromatic rings. The zero-order valence-corrected chi connectivity index (χ0v) is 19.8. The fourth-order valence-electron chi connectivity index (χ4n) is 8.25. The van der Waals surface area contributed by atoms with Crippen molar-refractivity contribution in [3.63, 3.8) is 0 Å². The van der Waals surface area contributed by atoms with Crippen LogP contribution in [-0.4, -0.2) is 22.6 Å². The quantitative estimate of drug-likeness (QED) is 0.340. The van der Waals surface area contributed by atoms with Gasteiger partial charge in [0.25, 0.3) is 0 Å². The van der Waals surface area contributed by atoms with Crippen molar-refractivity contribution in [3.8, 4) is 0 Å². The summed E-state index contributed by atoms with van der Waals surface area (Å²) in [6.45, 7) is 12.4. The van der Waals surface area contributed by atoms with Gasteiger partial charge >= 0.3 is 0 Å². The molecule has 0 saturated heterocycles. The number of hydrogen-bond donors (Lipinski definition) is 2. The van der Waals surface area contributed by atoms with Gasteiger partial charge in [-0.3, -0.25) is 0 Å². The predicted octanol–water partition coefficient (Wildman–Crippen LogP) is 6.91. The summed E-state index contributed by atoms with van der Waals surface area (Å²) in [6.07, 6.45) is 13.5. The minimum atomic E-state index is -0.0251. The summed E-state index contributed by atoms with van der Waals surface area (Å²) in [5.41, 5.74) is 1.49. The molecule has 0 unspecified atom stereocenters. The molecule has 29 heavy (non-hydrogen) atoms. The second-order valence-corrected chi connectivity index (χ2v) is 11.7. The molecule has 0 aromatic carbocycles. The van der Waals surface area contributed by atoms with Crippen LogP contribution >= 0.6 is 0 Å². The lowest BCUT2D eigenvalue weighted by Crippen LogP contribution is -2.52. The number of fused-ring (bicyclic) bond motifs is 3. The molecule has 0 aromatic heterocycles. The van der Waals surface area contributed by atoms with Gasteiger partial charge in [0.2, 0.25) is 0 Å². The summed E-state index contributed by atoms with van der Waals surface area (Å²) in [5.74, 6) is 4.80. The van der Waals surface area contributed by atoms with Crippen molar-refractivity contribution in [2.24, 2.45) is 51.5 Å². The third-order valence-corrected chi connectivity index (χ3v) is 9.81. The van der Waals surface area contributed by atoms with E-state index in [2.05, 4.69) is 39.8 Å². The Kier molecular flexibility index (Phi) is 7.40. The molecule has 3 aliphatic carbocycles. The average molecular weight is 406 g/mol. The highest BCUT2D eigenvalue weighted by Crippen LogP contribution is 2.66. The Balaban J connectivity index is 1.75. The Labute approximate surface area is 179 Å². The first kappa shape index (κ1) is 23.1. The maximum Gasteiger partial charge on any atom is 0.0632 e. The smallest absolute Gasteiger partial charge is 0.0632 e. The van der Waals surface area contributed by atoms with Gasteiger partial charge in [-0.2, -0.15) is 0 Å². The number of nitrogens with zero attached hydrogens (tertiary/aromatic N) is 1. The Morgan fingerprint density at radius 1 is 1.00 bits per heavy atom. The molecular formula is C26H47NO2. The first-order chi connectivity index (χ1) is 13.8. The molecule has 3 fully saturated rings. The molecule has 0 bridgehead atoms. The molecule has 3 heteroatoms. The van der Waals surface area contributed by atoms with E-state index >= 15 is 0 Å². The largest absolute Gasteiger partial charge is 0.411 e. The lowest BCUT2D eigenvalue weighted by atomic mass is 9.47. The lowest BCUT2D eigenvalue weighted by molar-refractivity contribution is -0.0458. The summed E-state index contributed by atoms with van der Waals surface area (Å²) in [6, 6.07) is 0. The van der Waals surface area contributed by atoms with Crippen LogP contribution in [0.1, 0.15) is 105 Å². The van der Waals surface area contributed by atoms with Crippen LogP contribution in [-0.2, 0) is 0 Å². The Bertz CT molecular complexity index is 573. The van der Waals surface area contributed by atoms with E-state index in [1.54, 1.807) is 0 Å². The van der Waals surface area contributed by atoms with Gasteiger partial charge in [0.05, 0.1) is 5.71 Å². The molecule has 0 spiro atoms. The van der Waals surface area contributed by atoms with Crippen LogP contribution in [0, 0.1) is 46.3 Å². The SMILES string of the molecule is CC(C)CCC[C@@H](C)[C@H]1CC[C@H]2[C@@H]3CC/C(=N\O)[C@](C)(CCCO)[C@H]3CC[C@]12C. The summed E-state index contributed by atoms with van der Waals surface area (Å²) in [7, 11) is 0. The second-order valence-electron chi connectivity index (χ2n) is 11.7. The van der Waals surface area contributed by atoms with Gasteiger partial charge in [-0.05, 0) is 92.3 Å². The molecule has 0 radical (unpaired) electrons. The van der Waals surface area contributed by atoms with Gasteiger partial charge in [0, 0.05) is 12.0 Å². The number of aliphatic hydroxyl groups is 1. The van der Waals surface area contributed by atoms with E-state index in [0.717, 1.165) is 54.6 Å². The zero-order valence-electron chi connectivity index (χ0n) is 19.8. The molecule has 0 heterocycles. The fraction of sp³-hybridized carbons (Fsp3) is 0.962. The highest BCUT2D eigenvalue weighted by Gasteiger charge is 2.59. The Hall–Kier alpha value is -0.570. The average Bonchev–Trinajstić information content (AvgIpc) is 3.03. The van der Waals surface area contributed by atoms with Crippen molar-refractivity contribution in [2.75, 3.05) is 6.61 Å². The Morgan fingerprint density at radius 2 is 1.76 bits per heavy atom. The summed E-state index contributed by atoms with van der Waals surface area (Å²) in [5, 5.41) is 22.9. The molecule has 3 nitrogen and oxygen atoms in total. The third kappa shape index (κ3) is 4.27. The minimum Gasteiger partial charge on any atom is -0.411 e. The number of hydrogen-bond acceptors (Lipinski definition) is 3. The van der Waals surface area contributed by atoms with Crippen LogP contribution in [0.15, 0.2) is 5.16 Å². The number of oxime groups is 1. The van der Waals surface area contributed by atoms with E-state index in [-0.39, 0.29) is 12.0 Å². The maximum atomic E-state index is 9.72. The predicted molar refractivity (Wildman–Crippen MR) is 121 cm³/mol. The summed E-state index contributed by atoms with van der Waals surface area (Å²) >= 11 is 0. The third-order valence-electron chi connectivity index (χ3n) is 9.81. The molecule has 0 amide bonds. The van der Waals surface area contributed by atoms with Crippen molar-refractivity contribution in [2.45, 2.75) is 105 Å². The van der Waals surface area contributed by atoms with E-state index in [4.69, 9.17) is 0 Å². The van der Waals surface area contributed by atoms with E-state index < -0.39 is 0 Å². The maximum absolute atomic E-state index is 9.72. The Morgan fingerprint density at radius 3 is 2.41 bits per heavy atom. The molecule has 2 N–H and O–H groups in total. The highest BCUT2D eigenvalue weighted by atomic mass is 16.4. The summed E-state index contributed by atoms with van der Waals surface area (Å²) in [4.78, 5) is 0. The lowest BCUT2D eigenvalue weighted by Gasteiger charge is -2.57. The van der Waals surface area contributed by atoms with Gasteiger partial charge in [-0.15, -0.1) is 0 Å². The van der Waals surface area contributed by atoms with Crippen LogP contribution < -0.4 is 0 Å². The van der Waals surface area contributed by atoms with Crippen molar-refractivity contribution in [1.82, 2.24) is 0 Å². The molecular weight excluding hydrogens is 358 g/mol. The molecule has 168 valence electrons. The fourth-order valence-corrected chi connectivity index (χ4v) is 8.25. The van der Waals surface area contributed by atoms with Crippen molar-refractivity contribution >= 4 is 5.71 Å². The van der Waals surface area contributed by atoms with Crippen LogP contribution in [0.4, 0.5) is 0 Å². The monoisotopic (exact) mass is 405 g/mol. The minimum absolute atomic E-state index is 0.0251. The molecule has 3 saturated carbocycles. The van der Waals surface area contributed by atoms with E-state index in [9.17, 15) is 10.3 Å². The summed E-state index contributed by atoms with van der Waals surface area (Å²) < 4.78 is 0. The molecule has 7 atom stereocenters. The van der Waals surface area contributed by atoms with Crippen LogP contribution in [0.25, 0.3) is 0 Å². The topological polar surface area (TPSA) is 52.8 Å². The molecule has 3 aliphatic rings. The standard InChI is InChI=1S/C26H47NO2/c1-18(2)8-6-9-19(3)21-11-12-22-20-10-13-24(27-29)26(5,15-7-17-28)23(20)14-16-25(21,22)4/h18-23,28-29H,6-17H2,1-5H3/b27-24+/t19-,20+,21-,22+,23+,25-,26-/m1/s1. The van der Waals surface area contributed by atoms with Crippen LogP contribution in [0.5, 0.6) is 0 Å². The van der Waals surface area contributed by atoms with Crippen LogP contribution in [0.3, 0.4) is 0 Å². The number of aliphatic hydroxyl groups excluding tert-OH is 1. The second kappa shape index (κ2) is 9.28. The van der Waals surface area contributed by atoms with Crippen molar-refractivity contribution in [1.29, 1.82) is 0 Å². The van der Waals surface area contributed by atoms with Gasteiger partial charge in [-0.25, -0.2) is 0 Å². The van der Waals surface area contributed by atoms with Gasteiger partial charge in [-0.1, -0.05) is 59.0 Å². The van der Waals surface area contributed by atoms with E-state index in [0.29, 0.717) is 11.3 Å². The first-order valence-corrected chi connectivity index (χ1v) is 12.6. The van der Waals surface area contributed by atoms with Gasteiger partial charge < -0.3 is 10.3 Å². The van der Waals surface area contributed by atoms with Gasteiger partial charge in [0.15, 0.2) is 0 Å².